The van der Waals surface area contributed by atoms with Gasteiger partial charge in [0.05, 0.1) is 5.97 Å². The Bertz CT molecular complexity index is 206. The van der Waals surface area contributed by atoms with E-state index in [1.54, 1.807) is 0 Å². The van der Waals surface area contributed by atoms with Crippen molar-refractivity contribution >= 4 is 11.9 Å². The average Bonchev–Trinajstić information content (AvgIpc) is 2.17. The van der Waals surface area contributed by atoms with Gasteiger partial charge in [-0.1, -0.05) is 32.6 Å². The Morgan fingerprint density at radius 1 is 1.27 bits per heavy atom. The summed E-state index contributed by atoms with van der Waals surface area (Å²) >= 11 is 0. The molecule has 5 nitrogen and oxygen atoms in total. The van der Waals surface area contributed by atoms with Gasteiger partial charge in [0.25, 0.3) is 0 Å². The van der Waals surface area contributed by atoms with Crippen molar-refractivity contribution in [3.8, 4) is 0 Å². The van der Waals surface area contributed by atoms with Crippen LogP contribution < -0.4 is 10.4 Å². The summed E-state index contributed by atoms with van der Waals surface area (Å²) < 4.78 is 0. The van der Waals surface area contributed by atoms with E-state index in [1.165, 1.54) is 0 Å². The number of unbranched alkanes of at least 4 members (excludes halogenated alkanes) is 4. The van der Waals surface area contributed by atoms with Crippen LogP contribution in [-0.2, 0) is 9.59 Å². The van der Waals surface area contributed by atoms with Crippen LogP contribution in [0, 0.1) is 0 Å². The molecule has 0 aromatic heterocycles. The van der Waals surface area contributed by atoms with Crippen molar-refractivity contribution in [3.05, 3.63) is 0 Å². The lowest BCUT2D eigenvalue weighted by Gasteiger charge is -2.13. The minimum absolute atomic E-state index is 0.244. The maximum Gasteiger partial charge on any atom is 0.222 e. The lowest BCUT2D eigenvalue weighted by molar-refractivity contribution is -0.316. The lowest BCUT2D eigenvalue weighted by atomic mass is 10.1. The fourth-order valence-electron chi connectivity index (χ4n) is 1.17. The molecule has 0 saturated heterocycles. The lowest BCUT2D eigenvalue weighted by Crippen LogP contribution is -2.47. The number of hydrogen-bond donors (Lipinski definition) is 2. The smallest absolute Gasteiger partial charge is 0.222 e. The highest BCUT2D eigenvalue weighted by molar-refractivity contribution is 5.81. The molecule has 1 amide bonds. The van der Waals surface area contributed by atoms with Gasteiger partial charge in [-0.25, -0.2) is 0 Å². The van der Waals surface area contributed by atoms with Gasteiger partial charge in [-0.15, -0.1) is 0 Å². The number of carboxylic acids is 1. The zero-order valence-corrected chi connectivity index (χ0v) is 8.99. The van der Waals surface area contributed by atoms with E-state index in [2.05, 4.69) is 6.92 Å². The molecular formula is C10H18NO4-. The molecule has 5 heteroatoms. The van der Waals surface area contributed by atoms with Crippen LogP contribution in [0.4, 0.5) is 0 Å². The number of carboxylic acid groups (broad SMARTS) is 1. The predicted octanol–water partition coefficient (Wildman–Crippen LogP) is -0.469. The predicted molar refractivity (Wildman–Crippen MR) is 52.5 cm³/mol. The third-order valence-corrected chi connectivity index (χ3v) is 2.03. The van der Waals surface area contributed by atoms with Gasteiger partial charge in [0, 0.05) is 6.42 Å². The van der Waals surface area contributed by atoms with E-state index in [1.807, 2.05) is 5.32 Å². The first-order valence-electron chi connectivity index (χ1n) is 5.26. The minimum atomic E-state index is -1.90. The summed E-state index contributed by atoms with van der Waals surface area (Å²) in [6.45, 7) is 2.10. The van der Waals surface area contributed by atoms with Crippen molar-refractivity contribution in [2.75, 3.05) is 0 Å². The summed E-state index contributed by atoms with van der Waals surface area (Å²) in [5.41, 5.74) is 0. The van der Waals surface area contributed by atoms with Gasteiger partial charge in [0.1, 0.15) is 0 Å². The van der Waals surface area contributed by atoms with Crippen molar-refractivity contribution in [1.82, 2.24) is 5.32 Å². The summed E-state index contributed by atoms with van der Waals surface area (Å²) in [7, 11) is 0. The van der Waals surface area contributed by atoms with Crippen molar-refractivity contribution in [3.63, 3.8) is 0 Å². The highest BCUT2D eigenvalue weighted by atomic mass is 16.4. The third kappa shape index (κ3) is 7.93. The standard InChI is InChI=1S/C10H19NO4/c1-2-3-4-5-6-7-8(12)11-9(13)10(14)15/h9,13H,2-7H2,1H3,(H,11,12)(H,14,15)/p-1/t9-/m0/s1. The Balaban J connectivity index is 3.45. The molecule has 0 aliphatic rings. The number of nitrogens with one attached hydrogen (secondary N) is 1. The molecule has 0 radical (unpaired) electrons. The number of amides is 1. The fourth-order valence-corrected chi connectivity index (χ4v) is 1.17. The van der Waals surface area contributed by atoms with E-state index >= 15 is 0 Å². The largest absolute Gasteiger partial charge is 0.545 e. The molecule has 0 aliphatic heterocycles. The minimum Gasteiger partial charge on any atom is -0.545 e. The number of aliphatic carboxylic acids is 1. The first-order valence-corrected chi connectivity index (χ1v) is 5.26. The maximum absolute atomic E-state index is 11.0. The van der Waals surface area contributed by atoms with E-state index in [4.69, 9.17) is 5.11 Å². The SMILES string of the molecule is CCCCCCCC(=O)N[C@@H](O)C(=O)[O-]. The molecule has 0 saturated carbocycles. The molecule has 0 unspecified atom stereocenters. The fraction of sp³-hybridized carbons (Fsp3) is 0.800. The number of carbonyl (C=O) groups excluding carboxylic acids is 2. The molecule has 0 rings (SSSR count). The van der Waals surface area contributed by atoms with Crippen LogP contribution >= 0.6 is 0 Å². The van der Waals surface area contributed by atoms with Gasteiger partial charge in [-0.2, -0.15) is 0 Å². The molecule has 15 heavy (non-hydrogen) atoms. The molecule has 2 N–H and O–H groups in total. The van der Waals surface area contributed by atoms with Gasteiger partial charge in [0.15, 0.2) is 6.23 Å². The molecule has 0 bridgehead atoms. The second-order valence-electron chi connectivity index (χ2n) is 3.45. The van der Waals surface area contributed by atoms with E-state index in [0.29, 0.717) is 6.42 Å². The van der Waals surface area contributed by atoms with Gasteiger partial charge < -0.3 is 20.3 Å². The molecule has 88 valence electrons. The van der Waals surface area contributed by atoms with Crippen molar-refractivity contribution in [2.45, 2.75) is 51.7 Å². The Labute approximate surface area is 89.5 Å². The molecule has 0 fully saturated rings. The number of aliphatic hydroxyl groups is 1. The van der Waals surface area contributed by atoms with Gasteiger partial charge >= 0.3 is 0 Å². The number of hydrogen-bond acceptors (Lipinski definition) is 4. The topological polar surface area (TPSA) is 89.5 Å². The molecule has 0 aromatic rings. The van der Waals surface area contributed by atoms with Crippen LogP contribution in [0.15, 0.2) is 0 Å². The van der Waals surface area contributed by atoms with Crippen LogP contribution in [-0.4, -0.2) is 23.2 Å². The van der Waals surface area contributed by atoms with Crippen molar-refractivity contribution < 1.29 is 19.8 Å². The van der Waals surface area contributed by atoms with Gasteiger partial charge in [-0.05, 0) is 6.42 Å². The molecule has 0 aromatic carbocycles. The maximum atomic E-state index is 11.0. The van der Waals surface area contributed by atoms with Crippen LogP contribution in [0.1, 0.15) is 45.4 Å². The molecular weight excluding hydrogens is 198 g/mol. The van der Waals surface area contributed by atoms with Crippen LogP contribution in [0.25, 0.3) is 0 Å². The van der Waals surface area contributed by atoms with E-state index < -0.39 is 18.1 Å². The quantitative estimate of drug-likeness (QED) is 0.424. The summed E-state index contributed by atoms with van der Waals surface area (Å²) in [6.07, 6.45) is 3.36. The Morgan fingerprint density at radius 2 is 1.87 bits per heavy atom. The van der Waals surface area contributed by atoms with Crippen molar-refractivity contribution in [1.29, 1.82) is 0 Å². The zero-order chi connectivity index (χ0) is 11.7. The molecule has 1 atom stereocenters. The first kappa shape index (κ1) is 13.9. The van der Waals surface area contributed by atoms with Gasteiger partial charge in [-0.3, -0.25) is 4.79 Å². The molecule has 0 heterocycles. The van der Waals surface area contributed by atoms with Crippen molar-refractivity contribution in [2.24, 2.45) is 0 Å². The third-order valence-electron chi connectivity index (χ3n) is 2.03. The highest BCUT2D eigenvalue weighted by Crippen LogP contribution is 2.04. The second kappa shape index (κ2) is 8.23. The van der Waals surface area contributed by atoms with E-state index in [-0.39, 0.29) is 6.42 Å². The molecule has 0 aliphatic carbocycles. The van der Waals surface area contributed by atoms with Crippen LogP contribution in [0.5, 0.6) is 0 Å². The normalized spacial score (nSPS) is 12.1. The number of carbonyl (C=O) groups is 2. The average molecular weight is 216 g/mol. The Hall–Kier alpha value is -1.10. The summed E-state index contributed by atoms with van der Waals surface area (Å²) in [6, 6.07) is 0. The first-order chi connectivity index (χ1) is 7.07. The summed E-state index contributed by atoms with van der Waals surface area (Å²) in [5.74, 6) is -2.14. The second-order valence-corrected chi connectivity index (χ2v) is 3.45. The monoisotopic (exact) mass is 216 g/mol. The molecule has 0 spiro atoms. The summed E-state index contributed by atoms with van der Waals surface area (Å²) in [4.78, 5) is 21.1. The highest BCUT2D eigenvalue weighted by Gasteiger charge is 2.08. The Kier molecular flexibility index (Phi) is 7.62. The Morgan fingerprint density at radius 3 is 2.40 bits per heavy atom. The van der Waals surface area contributed by atoms with Gasteiger partial charge in [0.2, 0.25) is 5.91 Å². The van der Waals surface area contributed by atoms with Crippen LogP contribution in [0.2, 0.25) is 0 Å². The summed E-state index contributed by atoms with van der Waals surface area (Å²) in [5, 5.41) is 20.7. The number of rotatable bonds is 8. The zero-order valence-electron chi connectivity index (χ0n) is 8.99. The van der Waals surface area contributed by atoms with E-state index in [9.17, 15) is 14.7 Å². The van der Waals surface area contributed by atoms with Crippen LogP contribution in [0.3, 0.4) is 0 Å². The van der Waals surface area contributed by atoms with E-state index in [0.717, 1.165) is 25.7 Å². The number of aliphatic hydroxyl groups excluding tert-OH is 1.